The molecule has 0 aliphatic carbocycles. The zero-order valence-corrected chi connectivity index (χ0v) is 26.3. The Morgan fingerprint density at radius 2 is 1.95 bits per heavy atom. The molecule has 0 radical (unpaired) electrons. The van der Waals surface area contributed by atoms with Crippen molar-refractivity contribution in [2.75, 3.05) is 19.8 Å². The first-order chi connectivity index (χ1) is 20.2. The second kappa shape index (κ2) is 13.8. The van der Waals surface area contributed by atoms with Gasteiger partial charge in [-0.3, -0.25) is 14.4 Å². The lowest BCUT2D eigenvalue weighted by molar-refractivity contribution is -0.156. The van der Waals surface area contributed by atoms with Crippen LogP contribution in [0.3, 0.4) is 0 Å². The van der Waals surface area contributed by atoms with Gasteiger partial charge in [-0.15, -0.1) is 24.9 Å². The summed E-state index contributed by atoms with van der Waals surface area (Å²) < 4.78 is 4.55. The Balaban J connectivity index is 1.74. The maximum Gasteiger partial charge on any atom is 0.311 e. The molecule has 1 spiro atoms. The van der Waals surface area contributed by atoms with E-state index in [1.807, 2.05) is 48.2 Å². The van der Waals surface area contributed by atoms with Crippen LogP contribution in [0, 0.1) is 11.8 Å². The van der Waals surface area contributed by atoms with Crippen LogP contribution in [0.5, 0.6) is 0 Å². The minimum Gasteiger partial charge on any atom is -0.465 e. The average molecular weight is 597 g/mol. The maximum absolute atomic E-state index is 14.7. The third kappa shape index (κ3) is 5.94. The number of benzene rings is 1. The highest BCUT2D eigenvalue weighted by Gasteiger charge is 2.78. The summed E-state index contributed by atoms with van der Waals surface area (Å²) >= 11 is 1.64. The Morgan fingerprint density at radius 1 is 1.21 bits per heavy atom. The molecule has 0 aromatic heterocycles. The summed E-state index contributed by atoms with van der Waals surface area (Å²) in [4.78, 5) is 46.6. The summed E-state index contributed by atoms with van der Waals surface area (Å²) in [6, 6.07) is 8.33. The van der Waals surface area contributed by atoms with Crippen molar-refractivity contribution in [1.29, 1.82) is 0 Å². The second-order valence-electron chi connectivity index (χ2n) is 12.4. The number of esters is 1. The van der Waals surface area contributed by atoms with E-state index in [2.05, 4.69) is 27.0 Å². The monoisotopic (exact) mass is 596 g/mol. The molecule has 42 heavy (non-hydrogen) atoms. The van der Waals surface area contributed by atoms with Crippen molar-refractivity contribution >= 4 is 29.5 Å². The van der Waals surface area contributed by atoms with Crippen molar-refractivity contribution in [3.8, 4) is 0 Å². The van der Waals surface area contributed by atoms with Gasteiger partial charge in [0, 0.05) is 17.3 Å². The number of nitrogens with zero attached hydrogens (tertiary/aromatic N) is 2. The number of aliphatic hydroxyl groups excluding tert-OH is 1. The van der Waals surface area contributed by atoms with Crippen LogP contribution in [-0.4, -0.2) is 80.1 Å². The molecule has 4 rings (SSSR count). The van der Waals surface area contributed by atoms with Gasteiger partial charge in [-0.1, -0.05) is 55.8 Å². The number of ether oxygens (including phenoxy) is 1. The van der Waals surface area contributed by atoms with Gasteiger partial charge in [0.2, 0.25) is 11.8 Å². The van der Waals surface area contributed by atoms with E-state index in [-0.39, 0.29) is 30.4 Å². The number of fused-ring (bicyclic) bond motifs is 1. The van der Waals surface area contributed by atoms with Gasteiger partial charge in [-0.2, -0.15) is 0 Å². The van der Waals surface area contributed by atoms with E-state index >= 15 is 0 Å². The molecule has 3 fully saturated rings. The molecule has 1 aromatic carbocycles. The fourth-order valence-electron chi connectivity index (χ4n) is 7.54. The van der Waals surface area contributed by atoms with E-state index in [0.717, 1.165) is 44.1 Å². The normalized spacial score (nSPS) is 29.2. The number of amides is 2. The molecule has 3 saturated heterocycles. The summed E-state index contributed by atoms with van der Waals surface area (Å²) in [6.07, 6.45) is 9.63. The number of unbranched alkanes of at least 4 members (excludes halogenated alkanes) is 2. The second-order valence-corrected chi connectivity index (χ2v) is 14.3. The quantitative estimate of drug-likeness (QED) is 0.161. The molecule has 3 heterocycles. The highest BCUT2D eigenvalue weighted by molar-refractivity contribution is 8.02. The Morgan fingerprint density at radius 3 is 2.60 bits per heavy atom. The summed E-state index contributed by atoms with van der Waals surface area (Å²) in [7, 11) is 0. The molecular weight excluding hydrogens is 548 g/mol. The third-order valence-electron chi connectivity index (χ3n) is 9.51. The number of thioether (sulfide) groups is 1. The van der Waals surface area contributed by atoms with Gasteiger partial charge in [0.1, 0.15) is 6.04 Å². The highest BCUT2D eigenvalue weighted by Crippen LogP contribution is 2.71. The average Bonchev–Trinajstić information content (AvgIpc) is 3.55. The number of aliphatic hydroxyl groups is 1. The molecule has 3 unspecified atom stereocenters. The summed E-state index contributed by atoms with van der Waals surface area (Å²) in [5, 5.41) is 10.7. The fourth-order valence-corrected chi connectivity index (χ4v) is 9.87. The molecule has 2 bridgehead atoms. The summed E-state index contributed by atoms with van der Waals surface area (Å²) in [5.41, 5.74) is 0.979. The van der Waals surface area contributed by atoms with Gasteiger partial charge >= 0.3 is 5.97 Å². The molecule has 1 aromatic rings. The van der Waals surface area contributed by atoms with Gasteiger partial charge in [0.05, 0.1) is 35.8 Å². The molecule has 7 atom stereocenters. The van der Waals surface area contributed by atoms with Crippen LogP contribution in [0.2, 0.25) is 0 Å². The van der Waals surface area contributed by atoms with Crippen LogP contribution in [0.25, 0.3) is 0 Å². The number of carbonyl (C=O) groups excluding carboxylic acids is 3. The predicted molar refractivity (Wildman–Crippen MR) is 168 cm³/mol. The first-order valence-electron chi connectivity index (χ1n) is 15.5. The van der Waals surface area contributed by atoms with E-state index < -0.39 is 33.4 Å². The fraction of sp³-hybridized carbons (Fsp3) is 0.618. The highest BCUT2D eigenvalue weighted by atomic mass is 32.2. The third-order valence-corrected chi connectivity index (χ3v) is 11.5. The van der Waals surface area contributed by atoms with Crippen molar-refractivity contribution in [1.82, 2.24) is 9.80 Å². The minimum absolute atomic E-state index is 0.0369. The van der Waals surface area contributed by atoms with Gasteiger partial charge in [-0.25, -0.2) is 0 Å². The van der Waals surface area contributed by atoms with Gasteiger partial charge in [-0.05, 0) is 64.4 Å². The number of hydrogen-bond acceptors (Lipinski definition) is 6. The van der Waals surface area contributed by atoms with Crippen LogP contribution in [0.4, 0.5) is 0 Å². The lowest BCUT2D eigenvalue weighted by Gasteiger charge is -2.41. The molecule has 0 saturated carbocycles. The van der Waals surface area contributed by atoms with E-state index in [9.17, 15) is 19.5 Å². The molecule has 230 valence electrons. The van der Waals surface area contributed by atoms with Crippen molar-refractivity contribution in [3.63, 3.8) is 0 Å². The first-order valence-corrected chi connectivity index (χ1v) is 16.4. The molecule has 2 amide bonds. The maximum atomic E-state index is 14.7. The SMILES string of the molecule is C=CCCCCOC(=O)[C@@H]1[C@H]2C(=O)N([C@@H](CO)Cc3ccccc3)C(C(=O)N(CC=C)C(C)CCC)C23CC[C@@]1(C)S3. The smallest absolute Gasteiger partial charge is 0.311 e. The van der Waals surface area contributed by atoms with Gasteiger partial charge in [0.25, 0.3) is 0 Å². The summed E-state index contributed by atoms with van der Waals surface area (Å²) in [5.74, 6) is -1.99. The van der Waals surface area contributed by atoms with E-state index in [1.165, 1.54) is 0 Å². The molecular formula is C34H48N2O5S. The Bertz CT molecular complexity index is 1140. The molecule has 3 aliphatic rings. The predicted octanol–water partition coefficient (Wildman–Crippen LogP) is 5.17. The zero-order valence-electron chi connectivity index (χ0n) is 25.5. The first kappa shape index (κ1) is 32.3. The minimum atomic E-state index is -0.785. The number of allylic oxidation sites excluding steroid dienone is 1. The van der Waals surface area contributed by atoms with Crippen LogP contribution in [-0.2, 0) is 25.5 Å². The Kier molecular flexibility index (Phi) is 10.6. The lowest BCUT2D eigenvalue weighted by atomic mass is 9.66. The molecule has 7 nitrogen and oxygen atoms in total. The Labute approximate surface area is 255 Å². The van der Waals surface area contributed by atoms with E-state index in [0.29, 0.717) is 26.0 Å². The van der Waals surface area contributed by atoms with Crippen LogP contribution in [0.15, 0.2) is 55.6 Å². The van der Waals surface area contributed by atoms with Gasteiger partial charge in [0.15, 0.2) is 0 Å². The molecule has 8 heteroatoms. The van der Waals surface area contributed by atoms with E-state index in [4.69, 9.17) is 4.74 Å². The van der Waals surface area contributed by atoms with Crippen LogP contribution < -0.4 is 0 Å². The number of carbonyl (C=O) groups is 3. The summed E-state index contributed by atoms with van der Waals surface area (Å²) in [6.45, 7) is 14.3. The largest absolute Gasteiger partial charge is 0.465 e. The van der Waals surface area contributed by atoms with Crippen LogP contribution >= 0.6 is 11.8 Å². The lowest BCUT2D eigenvalue weighted by Crippen LogP contribution is -2.59. The zero-order chi connectivity index (χ0) is 30.5. The van der Waals surface area contributed by atoms with Gasteiger partial charge < -0.3 is 19.6 Å². The van der Waals surface area contributed by atoms with E-state index in [1.54, 1.807) is 22.7 Å². The number of rotatable bonds is 16. The van der Waals surface area contributed by atoms with Crippen molar-refractivity contribution < 1.29 is 24.2 Å². The van der Waals surface area contributed by atoms with Crippen LogP contribution in [0.1, 0.15) is 71.3 Å². The van der Waals surface area contributed by atoms with Crippen molar-refractivity contribution in [2.45, 2.75) is 99.8 Å². The van der Waals surface area contributed by atoms with Crippen molar-refractivity contribution in [2.24, 2.45) is 11.8 Å². The standard InChI is InChI=1S/C34H48N2O5S/c1-6-9-10-14-21-41-32(40)28-27-30(38)36(26(23-37)22-25-16-12-11-13-17-25)29(34(27)19-18-33(28,5)42-34)31(39)35(20-8-3)24(4)15-7-2/h6,8,11-13,16-17,24,26-29,37H,1,3,7,9-10,14-15,18-23H2,2,4-5H3/t24?,26-,27+,28+,29?,33-,34?/m1/s1. The Hall–Kier alpha value is -2.58. The topological polar surface area (TPSA) is 87.1 Å². The molecule has 3 aliphatic heterocycles. The number of likely N-dealkylation sites (tertiary alicyclic amines) is 1. The number of hydrogen-bond donors (Lipinski definition) is 1. The molecule has 1 N–H and O–H groups in total. The van der Waals surface area contributed by atoms with Crippen molar-refractivity contribution in [3.05, 3.63) is 61.2 Å².